The van der Waals surface area contributed by atoms with Gasteiger partial charge in [0, 0.05) is 17.4 Å². The minimum absolute atomic E-state index is 0.0925. The van der Waals surface area contributed by atoms with Gasteiger partial charge in [0.15, 0.2) is 0 Å². The molecule has 0 fully saturated rings. The van der Waals surface area contributed by atoms with Crippen molar-refractivity contribution in [2.45, 2.75) is 32.1 Å². The zero-order valence-electron chi connectivity index (χ0n) is 10.2. The first-order valence-electron chi connectivity index (χ1n) is 6.28. The lowest BCUT2D eigenvalue weighted by Gasteiger charge is -2.08. The zero-order chi connectivity index (χ0) is 13.0. The lowest BCUT2D eigenvalue weighted by Crippen LogP contribution is -1.99. The van der Waals surface area contributed by atoms with Gasteiger partial charge in [0.25, 0.3) is 0 Å². The van der Waals surface area contributed by atoms with E-state index in [0.717, 1.165) is 48.1 Å². The zero-order valence-corrected chi connectivity index (χ0v) is 11.0. The molecule has 1 aliphatic carbocycles. The molecule has 0 radical (unpaired) electrons. The molecule has 2 rings (SSSR count). The molecule has 96 valence electrons. The highest BCUT2D eigenvalue weighted by atomic mass is 35.5. The van der Waals surface area contributed by atoms with Crippen molar-refractivity contribution >= 4 is 17.9 Å². The van der Waals surface area contributed by atoms with Gasteiger partial charge in [-0.3, -0.25) is 0 Å². The van der Waals surface area contributed by atoms with Crippen LogP contribution in [0.3, 0.4) is 0 Å². The summed E-state index contributed by atoms with van der Waals surface area (Å²) >= 11 is 5.85. The predicted octanol–water partition coefficient (Wildman–Crippen LogP) is 4.08. The van der Waals surface area contributed by atoms with E-state index in [4.69, 9.17) is 11.6 Å². The van der Waals surface area contributed by atoms with E-state index >= 15 is 0 Å². The van der Waals surface area contributed by atoms with Crippen LogP contribution >= 0.6 is 11.6 Å². The van der Waals surface area contributed by atoms with Crippen molar-refractivity contribution in [3.8, 4) is 0 Å². The lowest BCUT2D eigenvalue weighted by molar-refractivity contribution is -0.111. The van der Waals surface area contributed by atoms with Crippen molar-refractivity contribution in [1.29, 1.82) is 0 Å². The van der Waals surface area contributed by atoms with Crippen molar-refractivity contribution in [2.75, 3.05) is 0 Å². The molecule has 1 aromatic rings. The number of allylic oxidation sites excluding steroid dienone is 2. The number of aliphatic hydroxyl groups excluding tert-OH is 1. The van der Waals surface area contributed by atoms with E-state index in [1.807, 2.05) is 24.3 Å². The molecule has 1 N–H and O–H groups in total. The molecule has 1 atom stereocenters. The van der Waals surface area contributed by atoms with Crippen LogP contribution < -0.4 is 0 Å². The van der Waals surface area contributed by atoms with Gasteiger partial charge in [-0.25, -0.2) is 0 Å². The summed E-state index contributed by atoms with van der Waals surface area (Å²) in [6.07, 6.45) is 4.78. The number of aliphatic hydroxyl groups is 1. The maximum atomic E-state index is 10.8. The summed E-state index contributed by atoms with van der Waals surface area (Å²) < 4.78 is 0. The molecule has 1 aromatic carbocycles. The first kappa shape index (κ1) is 13.2. The van der Waals surface area contributed by atoms with E-state index in [1.165, 1.54) is 0 Å². The SMILES string of the molecule is O=CC1CCC(O)=C(Cc2ccc(Cl)cc2)CC1. The second-order valence-electron chi connectivity index (χ2n) is 4.83. The molecular weight excluding hydrogens is 248 g/mol. The predicted molar refractivity (Wildman–Crippen MR) is 72.8 cm³/mol. The summed E-state index contributed by atoms with van der Waals surface area (Å²) in [5.41, 5.74) is 2.20. The van der Waals surface area contributed by atoms with Crippen LogP contribution in [0.15, 0.2) is 35.6 Å². The van der Waals surface area contributed by atoms with Crippen LogP contribution in [-0.4, -0.2) is 11.4 Å². The van der Waals surface area contributed by atoms with E-state index in [-0.39, 0.29) is 5.92 Å². The molecule has 0 aromatic heterocycles. The van der Waals surface area contributed by atoms with Gasteiger partial charge < -0.3 is 9.90 Å². The third-order valence-corrected chi connectivity index (χ3v) is 3.75. The Bertz CT molecular complexity index is 448. The van der Waals surface area contributed by atoms with Gasteiger partial charge in [0.1, 0.15) is 6.29 Å². The molecule has 0 heterocycles. The van der Waals surface area contributed by atoms with E-state index in [0.29, 0.717) is 12.2 Å². The summed E-state index contributed by atoms with van der Waals surface area (Å²) in [4.78, 5) is 10.8. The number of rotatable bonds is 3. The van der Waals surface area contributed by atoms with Crippen molar-refractivity contribution in [1.82, 2.24) is 0 Å². The molecule has 0 amide bonds. The number of carbonyl (C=O) groups excluding carboxylic acids is 1. The third kappa shape index (κ3) is 3.36. The largest absolute Gasteiger partial charge is 0.512 e. The molecule has 0 bridgehead atoms. The Labute approximate surface area is 112 Å². The van der Waals surface area contributed by atoms with Gasteiger partial charge in [-0.2, -0.15) is 0 Å². The first-order valence-corrected chi connectivity index (χ1v) is 6.66. The summed E-state index contributed by atoms with van der Waals surface area (Å²) in [6, 6.07) is 7.67. The summed E-state index contributed by atoms with van der Waals surface area (Å²) in [5.74, 6) is 0.559. The molecule has 0 spiro atoms. The van der Waals surface area contributed by atoms with E-state index in [1.54, 1.807) is 0 Å². The van der Waals surface area contributed by atoms with Crippen LogP contribution in [0.4, 0.5) is 0 Å². The highest BCUT2D eigenvalue weighted by molar-refractivity contribution is 6.30. The topological polar surface area (TPSA) is 37.3 Å². The van der Waals surface area contributed by atoms with Crippen LogP contribution in [-0.2, 0) is 11.2 Å². The Hall–Kier alpha value is -1.28. The normalized spacial score (nSPS) is 20.6. The summed E-state index contributed by atoms with van der Waals surface area (Å²) in [7, 11) is 0. The third-order valence-electron chi connectivity index (χ3n) is 3.50. The van der Waals surface area contributed by atoms with E-state index in [2.05, 4.69) is 0 Å². The van der Waals surface area contributed by atoms with Gasteiger partial charge in [-0.1, -0.05) is 23.7 Å². The number of aldehydes is 1. The maximum absolute atomic E-state index is 10.8. The van der Waals surface area contributed by atoms with Crippen LogP contribution in [0.2, 0.25) is 5.02 Å². The minimum atomic E-state index is 0.0925. The number of hydrogen-bond donors (Lipinski definition) is 1. The average Bonchev–Trinajstić information content (AvgIpc) is 2.55. The van der Waals surface area contributed by atoms with Gasteiger partial charge in [-0.05, 0) is 49.0 Å². The van der Waals surface area contributed by atoms with Crippen LogP contribution in [0.5, 0.6) is 0 Å². The highest BCUT2D eigenvalue weighted by Gasteiger charge is 2.17. The first-order chi connectivity index (χ1) is 8.69. The molecule has 0 aliphatic heterocycles. The number of carbonyl (C=O) groups is 1. The molecule has 3 heteroatoms. The fourth-order valence-electron chi connectivity index (χ4n) is 2.32. The summed E-state index contributed by atoms with van der Waals surface area (Å²) in [5, 5.41) is 10.7. The van der Waals surface area contributed by atoms with Crippen molar-refractivity contribution in [3.63, 3.8) is 0 Å². The fourth-order valence-corrected chi connectivity index (χ4v) is 2.45. The van der Waals surface area contributed by atoms with Gasteiger partial charge >= 0.3 is 0 Å². The Morgan fingerprint density at radius 3 is 2.56 bits per heavy atom. The maximum Gasteiger partial charge on any atom is 0.123 e. The smallest absolute Gasteiger partial charge is 0.123 e. The minimum Gasteiger partial charge on any atom is -0.512 e. The summed E-state index contributed by atoms with van der Waals surface area (Å²) in [6.45, 7) is 0. The second-order valence-corrected chi connectivity index (χ2v) is 5.26. The monoisotopic (exact) mass is 264 g/mol. The number of halogens is 1. The van der Waals surface area contributed by atoms with Crippen LogP contribution in [0.1, 0.15) is 31.2 Å². The number of hydrogen-bond acceptors (Lipinski definition) is 2. The van der Waals surface area contributed by atoms with E-state index in [9.17, 15) is 9.90 Å². The van der Waals surface area contributed by atoms with Gasteiger partial charge in [-0.15, -0.1) is 0 Å². The standard InChI is InChI=1S/C15H17ClO2/c16-14-6-2-11(3-7-14)9-13-5-1-12(10-17)4-8-15(13)18/h2-3,6-7,10,12,18H,1,4-5,8-9H2. The molecule has 1 unspecified atom stereocenters. The molecular formula is C15H17ClO2. The molecule has 2 nitrogen and oxygen atoms in total. The fraction of sp³-hybridized carbons (Fsp3) is 0.400. The lowest BCUT2D eigenvalue weighted by atomic mass is 9.98. The molecule has 18 heavy (non-hydrogen) atoms. The van der Waals surface area contributed by atoms with Crippen molar-refractivity contribution in [2.24, 2.45) is 5.92 Å². The van der Waals surface area contributed by atoms with Gasteiger partial charge in [0.05, 0.1) is 5.76 Å². The van der Waals surface area contributed by atoms with Crippen molar-refractivity contribution < 1.29 is 9.90 Å². The molecule has 0 saturated carbocycles. The average molecular weight is 265 g/mol. The van der Waals surface area contributed by atoms with Crippen LogP contribution in [0, 0.1) is 5.92 Å². The molecule has 0 saturated heterocycles. The van der Waals surface area contributed by atoms with Crippen LogP contribution in [0.25, 0.3) is 0 Å². The number of benzene rings is 1. The molecule has 1 aliphatic rings. The Morgan fingerprint density at radius 1 is 1.22 bits per heavy atom. The van der Waals surface area contributed by atoms with Gasteiger partial charge in [0.2, 0.25) is 0 Å². The van der Waals surface area contributed by atoms with Crippen molar-refractivity contribution in [3.05, 3.63) is 46.2 Å². The second kappa shape index (κ2) is 6.05. The Balaban J connectivity index is 2.07. The van der Waals surface area contributed by atoms with E-state index < -0.39 is 0 Å². The Kier molecular flexibility index (Phi) is 4.43. The highest BCUT2D eigenvalue weighted by Crippen LogP contribution is 2.28. The quantitative estimate of drug-likeness (QED) is 0.835. The Morgan fingerprint density at radius 2 is 1.89 bits per heavy atom.